The van der Waals surface area contributed by atoms with Gasteiger partial charge in [-0.15, -0.1) is 0 Å². The molecule has 0 unspecified atom stereocenters. The third-order valence-electron chi connectivity index (χ3n) is 7.08. The zero-order valence-electron chi connectivity index (χ0n) is 22.3. The lowest BCUT2D eigenvalue weighted by Crippen LogP contribution is -2.57. The van der Waals surface area contributed by atoms with E-state index in [1.165, 1.54) is 0 Å². The highest BCUT2D eigenvalue weighted by atomic mass is 19.3. The summed E-state index contributed by atoms with van der Waals surface area (Å²) in [6.45, 7) is 5.98. The van der Waals surface area contributed by atoms with E-state index < -0.39 is 72.3 Å². The highest BCUT2D eigenvalue weighted by molar-refractivity contribution is 5.80. The van der Waals surface area contributed by atoms with Crippen LogP contribution in [0.4, 0.5) is 30.7 Å². The van der Waals surface area contributed by atoms with E-state index in [2.05, 4.69) is 23.7 Å². The summed E-state index contributed by atoms with van der Waals surface area (Å²) < 4.78 is 95.3. The maximum Gasteiger partial charge on any atom is 0.270 e. The number of aliphatic hydroxyl groups is 1. The van der Waals surface area contributed by atoms with Crippen LogP contribution < -0.4 is 5.32 Å². The molecule has 1 saturated heterocycles. The van der Waals surface area contributed by atoms with Gasteiger partial charge in [-0.05, 0) is 69.8 Å². The Morgan fingerprint density at radius 3 is 2.40 bits per heavy atom. The van der Waals surface area contributed by atoms with Crippen LogP contribution in [0.15, 0.2) is 30.5 Å². The Labute approximate surface area is 230 Å². The Kier molecular flexibility index (Phi) is 10.9. The van der Waals surface area contributed by atoms with Crippen LogP contribution in [0.3, 0.4) is 0 Å². The third kappa shape index (κ3) is 8.39. The third-order valence-corrected chi connectivity index (χ3v) is 7.08. The molecule has 1 aliphatic heterocycles. The summed E-state index contributed by atoms with van der Waals surface area (Å²) >= 11 is 0. The van der Waals surface area contributed by atoms with Gasteiger partial charge in [-0.3, -0.25) is 14.7 Å². The van der Waals surface area contributed by atoms with Crippen molar-refractivity contribution < 1.29 is 42.1 Å². The molecule has 0 bridgehead atoms. The molecule has 3 atom stereocenters. The lowest BCUT2D eigenvalue weighted by molar-refractivity contribution is -0.136. The van der Waals surface area contributed by atoms with Crippen LogP contribution in [0.25, 0.3) is 11.3 Å². The Balaban J connectivity index is 0.000000452. The van der Waals surface area contributed by atoms with E-state index in [1.807, 2.05) is 5.32 Å². The predicted molar refractivity (Wildman–Crippen MR) is 138 cm³/mol. The fourth-order valence-corrected chi connectivity index (χ4v) is 5.00. The lowest BCUT2D eigenvalue weighted by atomic mass is 9.88. The second-order valence-corrected chi connectivity index (χ2v) is 10.5. The van der Waals surface area contributed by atoms with Crippen LogP contribution in [0.2, 0.25) is 0 Å². The molecular weight excluding hydrogens is 543 g/mol. The molecule has 0 radical (unpaired) electrons. The molecule has 2 aromatic rings. The molecule has 224 valence electrons. The highest BCUT2D eigenvalue weighted by Gasteiger charge is 2.47. The number of amides is 1. The molecule has 4 rings (SSSR count). The molecule has 2 aliphatic rings. The number of pyridine rings is 1. The monoisotopic (exact) mass is 579 g/mol. The Morgan fingerprint density at radius 1 is 1.18 bits per heavy atom. The van der Waals surface area contributed by atoms with Crippen LogP contribution >= 0.6 is 0 Å². The van der Waals surface area contributed by atoms with Gasteiger partial charge < -0.3 is 10.4 Å². The number of aliphatic hydroxyl groups excluding tert-OH is 1. The number of benzene rings is 1. The van der Waals surface area contributed by atoms with Crippen molar-refractivity contribution in [1.82, 2.24) is 15.2 Å². The molecule has 12 heteroatoms. The first-order chi connectivity index (χ1) is 18.8. The van der Waals surface area contributed by atoms with Crippen molar-refractivity contribution in [2.75, 3.05) is 13.1 Å². The molecule has 5 nitrogen and oxygen atoms in total. The van der Waals surface area contributed by atoms with Crippen LogP contribution in [-0.2, 0) is 11.2 Å². The van der Waals surface area contributed by atoms with E-state index in [4.69, 9.17) is 0 Å². The topological polar surface area (TPSA) is 65.5 Å². The highest BCUT2D eigenvalue weighted by Crippen LogP contribution is 2.35. The minimum atomic E-state index is -3.33. The average Bonchev–Trinajstić information content (AvgIpc) is 2.86. The number of halogens is 7. The average molecular weight is 580 g/mol. The van der Waals surface area contributed by atoms with E-state index in [9.17, 15) is 40.6 Å². The molecule has 2 heterocycles. The standard InChI is InChI=1S/C20H18F6N2O2.C8H16FN.H2/c21-12-6-11(7-13(22)9-12)17-16(19(23)24)10(3-5-27-17)8-15(30)28-18-14(29)2-1-4-20(18,25)26;1-7(2)10-5-3-4-8(9)6-10;/h3,5-7,9,14,18-19,29H,1-2,4,8H2,(H,28,30);7-8H,3-6H2,1-2H3;1H/t14-,18+;8-;/m00./s1. The first-order valence-electron chi connectivity index (χ1n) is 13.2. The van der Waals surface area contributed by atoms with Crippen LogP contribution in [0.5, 0.6) is 0 Å². The van der Waals surface area contributed by atoms with E-state index in [-0.39, 0.29) is 25.4 Å². The van der Waals surface area contributed by atoms with Gasteiger partial charge in [0.1, 0.15) is 23.8 Å². The first-order valence-corrected chi connectivity index (χ1v) is 13.2. The minimum absolute atomic E-state index is 0. The number of aromatic nitrogens is 1. The molecule has 0 spiro atoms. The summed E-state index contributed by atoms with van der Waals surface area (Å²) in [7, 11) is 0. The number of alkyl halides is 5. The molecular formula is C28H36F7N3O2. The molecule has 2 N–H and O–H groups in total. The van der Waals surface area contributed by atoms with Crippen molar-refractivity contribution in [2.24, 2.45) is 0 Å². The summed E-state index contributed by atoms with van der Waals surface area (Å²) in [6, 6.07) is 2.00. The van der Waals surface area contributed by atoms with Gasteiger partial charge in [0.25, 0.3) is 12.3 Å². The zero-order chi connectivity index (χ0) is 29.6. The molecule has 1 aliphatic carbocycles. The van der Waals surface area contributed by atoms with Crippen molar-refractivity contribution in [3.63, 3.8) is 0 Å². The molecule has 1 aromatic heterocycles. The van der Waals surface area contributed by atoms with Gasteiger partial charge in [-0.2, -0.15) is 0 Å². The Hall–Kier alpha value is -2.73. The number of hydrogen-bond donors (Lipinski definition) is 2. The molecule has 2 fully saturated rings. The number of likely N-dealkylation sites (tertiary alicyclic amines) is 1. The smallest absolute Gasteiger partial charge is 0.270 e. The van der Waals surface area contributed by atoms with Crippen molar-refractivity contribution in [3.05, 3.63) is 53.2 Å². The van der Waals surface area contributed by atoms with Crippen LogP contribution in [0, 0.1) is 11.6 Å². The Bertz CT molecular complexity index is 1140. The Morgan fingerprint density at radius 2 is 1.85 bits per heavy atom. The van der Waals surface area contributed by atoms with Crippen molar-refractivity contribution in [3.8, 4) is 11.3 Å². The summed E-state index contributed by atoms with van der Waals surface area (Å²) in [6.07, 6.45) is -3.36. The number of rotatable bonds is 6. The number of piperidine rings is 1. The van der Waals surface area contributed by atoms with E-state index in [1.54, 1.807) is 0 Å². The second-order valence-electron chi connectivity index (χ2n) is 10.5. The number of hydrogen-bond acceptors (Lipinski definition) is 4. The summed E-state index contributed by atoms with van der Waals surface area (Å²) in [4.78, 5) is 18.3. The van der Waals surface area contributed by atoms with Gasteiger partial charge in [-0.25, -0.2) is 30.7 Å². The maximum atomic E-state index is 14.0. The number of carbonyl (C=O) groups excluding carboxylic acids is 1. The van der Waals surface area contributed by atoms with Crippen LogP contribution in [0.1, 0.15) is 64.9 Å². The fraction of sp³-hybridized carbons (Fsp3) is 0.571. The maximum absolute atomic E-state index is 14.0. The first kappa shape index (κ1) is 31.8. The summed E-state index contributed by atoms with van der Waals surface area (Å²) in [5, 5.41) is 11.8. The predicted octanol–water partition coefficient (Wildman–Crippen LogP) is 6.25. The van der Waals surface area contributed by atoms with Gasteiger partial charge >= 0.3 is 0 Å². The molecule has 40 heavy (non-hydrogen) atoms. The fourth-order valence-electron chi connectivity index (χ4n) is 5.00. The van der Waals surface area contributed by atoms with Crippen molar-refractivity contribution >= 4 is 5.91 Å². The second kappa shape index (κ2) is 13.8. The van der Waals surface area contributed by atoms with Gasteiger partial charge in [0.2, 0.25) is 5.91 Å². The molecule has 1 amide bonds. The van der Waals surface area contributed by atoms with E-state index in [0.29, 0.717) is 18.7 Å². The quantitative estimate of drug-likeness (QED) is 0.398. The van der Waals surface area contributed by atoms with Gasteiger partial charge in [0.15, 0.2) is 0 Å². The SMILES string of the molecule is CC(C)N1CCC[C@H](F)C1.O=C(Cc1ccnc(-c2cc(F)cc(F)c2)c1C(F)F)N[C@@H]1[C@@H](O)CCCC1(F)F.[HH]. The zero-order valence-corrected chi connectivity index (χ0v) is 22.3. The number of carbonyl (C=O) groups is 1. The molecule has 1 aromatic carbocycles. The normalized spacial score (nSPS) is 23.1. The summed E-state index contributed by atoms with van der Waals surface area (Å²) in [5.41, 5.74) is -1.63. The molecule has 1 saturated carbocycles. The van der Waals surface area contributed by atoms with Gasteiger partial charge in [0.05, 0.1) is 18.2 Å². The van der Waals surface area contributed by atoms with Crippen molar-refractivity contribution in [1.29, 1.82) is 0 Å². The minimum Gasteiger partial charge on any atom is -0.391 e. The summed E-state index contributed by atoms with van der Waals surface area (Å²) in [5.74, 6) is -6.32. The number of nitrogens with zero attached hydrogens (tertiary/aromatic N) is 2. The van der Waals surface area contributed by atoms with E-state index >= 15 is 0 Å². The van der Waals surface area contributed by atoms with E-state index in [0.717, 1.165) is 43.8 Å². The van der Waals surface area contributed by atoms with Crippen LogP contribution in [-0.4, -0.2) is 64.3 Å². The number of nitrogens with one attached hydrogen (secondary N) is 1. The van der Waals surface area contributed by atoms with Crippen molar-refractivity contribution in [2.45, 2.75) is 89.1 Å². The van der Waals surface area contributed by atoms with Gasteiger partial charge in [-0.1, -0.05) is 0 Å². The lowest BCUT2D eigenvalue weighted by Gasteiger charge is -2.35. The van der Waals surface area contributed by atoms with Gasteiger partial charge in [0, 0.05) is 43.8 Å². The largest absolute Gasteiger partial charge is 0.391 e.